The monoisotopic (exact) mass is 117 g/mol. The third kappa shape index (κ3) is 2.03. The molecule has 0 fully saturated rings. The van der Waals surface area contributed by atoms with Gasteiger partial charge in [-0.1, -0.05) is 26.0 Å². The maximum atomic E-state index is 4.11. The van der Waals surface area contributed by atoms with E-state index in [-0.39, 0.29) is 29.6 Å². The van der Waals surface area contributed by atoms with Crippen LogP contribution in [-0.2, 0) is 0 Å². The zero-order valence-electron chi connectivity index (χ0n) is 5.60. The molecule has 0 saturated heterocycles. The van der Waals surface area contributed by atoms with Gasteiger partial charge in [0.25, 0.3) is 0 Å². The molecular formula is C6H8NNa. The van der Waals surface area contributed by atoms with Gasteiger partial charge in [0.05, 0.1) is 0 Å². The molecule has 8 heavy (non-hydrogen) atoms. The van der Waals surface area contributed by atoms with Crippen LogP contribution in [0.1, 0.15) is 11.4 Å². The molecule has 0 aromatic carbocycles. The van der Waals surface area contributed by atoms with Gasteiger partial charge in [-0.3, -0.25) is 0 Å². The Morgan fingerprint density at radius 2 is 1.50 bits per heavy atom. The maximum absolute atomic E-state index is 4.11. The Kier molecular flexibility index (Phi) is 3.45. The van der Waals surface area contributed by atoms with Crippen molar-refractivity contribution in [3.05, 3.63) is 23.5 Å². The molecule has 0 unspecified atom stereocenters. The van der Waals surface area contributed by atoms with E-state index in [1.807, 2.05) is 26.0 Å². The van der Waals surface area contributed by atoms with Crippen molar-refractivity contribution in [3.8, 4) is 0 Å². The van der Waals surface area contributed by atoms with Gasteiger partial charge in [-0.15, -0.1) is 0 Å². The largest absolute Gasteiger partial charge is 1.00 e. The molecule has 0 aliphatic heterocycles. The van der Waals surface area contributed by atoms with Gasteiger partial charge >= 0.3 is 29.6 Å². The summed E-state index contributed by atoms with van der Waals surface area (Å²) in [4.78, 5) is 4.11. The van der Waals surface area contributed by atoms with E-state index in [2.05, 4.69) is 4.98 Å². The van der Waals surface area contributed by atoms with Crippen LogP contribution in [0.25, 0.3) is 0 Å². The van der Waals surface area contributed by atoms with Crippen LogP contribution >= 0.6 is 0 Å². The molecule has 0 aliphatic carbocycles. The van der Waals surface area contributed by atoms with E-state index in [0.717, 1.165) is 11.4 Å². The smallest absolute Gasteiger partial charge is 0.665 e. The van der Waals surface area contributed by atoms with Gasteiger partial charge in [0.15, 0.2) is 0 Å². The zero-order chi connectivity index (χ0) is 5.28. The van der Waals surface area contributed by atoms with Gasteiger partial charge in [0.2, 0.25) is 0 Å². The average Bonchev–Trinajstić information content (AvgIpc) is 1.87. The standard InChI is InChI=1S/C6H8N.Na/c1-5-3-4-6(2)7-5;/h3-4H,1-2H3;/q-1;+1. The molecule has 1 heterocycles. The Hall–Kier alpha value is 0.280. The van der Waals surface area contributed by atoms with Crippen molar-refractivity contribution in [2.45, 2.75) is 13.8 Å². The quantitative estimate of drug-likeness (QED) is 0.368. The third-order valence-electron chi connectivity index (χ3n) is 0.918. The summed E-state index contributed by atoms with van der Waals surface area (Å²) in [6.45, 7) is 3.99. The molecule has 0 bridgehead atoms. The summed E-state index contributed by atoms with van der Waals surface area (Å²) in [6, 6.07) is 4.02. The summed E-state index contributed by atoms with van der Waals surface area (Å²) in [6.07, 6.45) is 0. The number of aromatic nitrogens is 1. The van der Waals surface area contributed by atoms with Crippen LogP contribution in [0, 0.1) is 13.8 Å². The van der Waals surface area contributed by atoms with E-state index in [1.165, 1.54) is 0 Å². The maximum Gasteiger partial charge on any atom is 1.00 e. The van der Waals surface area contributed by atoms with Crippen molar-refractivity contribution in [2.75, 3.05) is 0 Å². The van der Waals surface area contributed by atoms with Crippen molar-refractivity contribution in [1.82, 2.24) is 4.98 Å². The molecule has 2 heteroatoms. The molecule has 0 amide bonds. The molecular weight excluding hydrogens is 109 g/mol. The Labute approximate surface area is 71.8 Å². The van der Waals surface area contributed by atoms with Crippen LogP contribution in [0.15, 0.2) is 12.1 Å². The van der Waals surface area contributed by atoms with E-state index in [1.54, 1.807) is 0 Å². The van der Waals surface area contributed by atoms with Crippen molar-refractivity contribution in [2.24, 2.45) is 0 Å². The van der Waals surface area contributed by atoms with Gasteiger partial charge in [0, 0.05) is 0 Å². The second-order valence-electron chi connectivity index (χ2n) is 1.73. The van der Waals surface area contributed by atoms with Gasteiger partial charge in [-0.25, -0.2) is 0 Å². The first-order valence-electron chi connectivity index (χ1n) is 2.36. The van der Waals surface area contributed by atoms with Gasteiger partial charge in [0.1, 0.15) is 0 Å². The van der Waals surface area contributed by atoms with Gasteiger partial charge in [-0.2, -0.15) is 11.4 Å². The molecule has 0 radical (unpaired) electrons. The molecule has 1 aromatic heterocycles. The Morgan fingerprint density at radius 3 is 1.62 bits per heavy atom. The Bertz CT molecular complexity index is 141. The fourth-order valence-electron chi connectivity index (χ4n) is 0.594. The summed E-state index contributed by atoms with van der Waals surface area (Å²) in [5, 5.41) is 0. The number of hydrogen-bond acceptors (Lipinski definition) is 0. The van der Waals surface area contributed by atoms with Gasteiger partial charge in [-0.05, 0) is 0 Å². The number of rotatable bonds is 0. The van der Waals surface area contributed by atoms with Crippen molar-refractivity contribution in [1.29, 1.82) is 0 Å². The zero-order valence-corrected chi connectivity index (χ0v) is 7.60. The summed E-state index contributed by atoms with van der Waals surface area (Å²) in [5.41, 5.74) is 2.22. The first-order chi connectivity index (χ1) is 3.29. The Balaban J connectivity index is 0.000000490. The fraction of sp³-hybridized carbons (Fsp3) is 0.333. The minimum atomic E-state index is 0. The van der Waals surface area contributed by atoms with E-state index in [0.29, 0.717) is 0 Å². The summed E-state index contributed by atoms with van der Waals surface area (Å²) < 4.78 is 0. The molecule has 1 rings (SSSR count). The summed E-state index contributed by atoms with van der Waals surface area (Å²) in [5.74, 6) is 0. The molecule has 0 aliphatic rings. The number of aryl methyl sites for hydroxylation is 2. The molecule has 1 nitrogen and oxygen atoms in total. The molecule has 0 atom stereocenters. The average molecular weight is 117 g/mol. The normalized spacial score (nSPS) is 8.25. The van der Waals surface area contributed by atoms with Crippen molar-refractivity contribution >= 4 is 0 Å². The van der Waals surface area contributed by atoms with E-state index < -0.39 is 0 Å². The Morgan fingerprint density at radius 1 is 1.12 bits per heavy atom. The fourth-order valence-corrected chi connectivity index (χ4v) is 0.594. The van der Waals surface area contributed by atoms with E-state index in [9.17, 15) is 0 Å². The number of hydrogen-bond donors (Lipinski definition) is 0. The van der Waals surface area contributed by atoms with Crippen LogP contribution in [0.2, 0.25) is 0 Å². The SMILES string of the molecule is Cc1ccc(C)[n-]1.[Na+]. The molecule has 1 aromatic rings. The van der Waals surface area contributed by atoms with Crippen LogP contribution in [0.3, 0.4) is 0 Å². The molecule has 0 N–H and O–H groups in total. The van der Waals surface area contributed by atoms with Gasteiger partial charge < -0.3 is 4.98 Å². The van der Waals surface area contributed by atoms with Crippen LogP contribution in [0.4, 0.5) is 0 Å². The summed E-state index contributed by atoms with van der Waals surface area (Å²) >= 11 is 0. The minimum absolute atomic E-state index is 0. The van der Waals surface area contributed by atoms with Crippen LogP contribution in [-0.4, -0.2) is 0 Å². The molecule has 0 spiro atoms. The topological polar surface area (TPSA) is 14.1 Å². The second kappa shape index (κ2) is 3.33. The van der Waals surface area contributed by atoms with E-state index in [4.69, 9.17) is 0 Å². The van der Waals surface area contributed by atoms with Crippen molar-refractivity contribution in [3.63, 3.8) is 0 Å². The predicted octanol–water partition coefficient (Wildman–Crippen LogP) is -1.74. The molecule has 38 valence electrons. The third-order valence-corrected chi connectivity index (χ3v) is 0.918. The first-order valence-corrected chi connectivity index (χ1v) is 2.36. The number of nitrogens with zero attached hydrogens (tertiary/aromatic N) is 1. The van der Waals surface area contributed by atoms with Crippen molar-refractivity contribution < 1.29 is 29.6 Å². The predicted molar refractivity (Wildman–Crippen MR) is 29.2 cm³/mol. The van der Waals surface area contributed by atoms with Crippen LogP contribution < -0.4 is 34.5 Å². The first kappa shape index (κ1) is 8.28. The molecule has 0 saturated carbocycles. The van der Waals surface area contributed by atoms with E-state index >= 15 is 0 Å². The second-order valence-corrected chi connectivity index (χ2v) is 1.73. The van der Waals surface area contributed by atoms with Crippen LogP contribution in [0.5, 0.6) is 0 Å². The minimum Gasteiger partial charge on any atom is -0.665 e. The summed E-state index contributed by atoms with van der Waals surface area (Å²) in [7, 11) is 0.